The van der Waals surface area contributed by atoms with E-state index < -0.39 is 17.6 Å². The van der Waals surface area contributed by atoms with E-state index in [-0.39, 0.29) is 12.1 Å². The van der Waals surface area contributed by atoms with Gasteiger partial charge in [0, 0.05) is 24.7 Å². The predicted molar refractivity (Wildman–Crippen MR) is 86.3 cm³/mol. The first-order chi connectivity index (χ1) is 11.2. The number of ether oxygens (including phenoxy) is 1. The van der Waals surface area contributed by atoms with Crippen LogP contribution in [0.25, 0.3) is 0 Å². The minimum Gasteiger partial charge on any atom is -0.444 e. The Morgan fingerprint density at radius 1 is 1.29 bits per heavy atom. The third kappa shape index (κ3) is 2.84. The summed E-state index contributed by atoms with van der Waals surface area (Å²) in [4.78, 5) is 25.8. The molecule has 1 aliphatic heterocycles. The number of hydrogen-bond acceptors (Lipinski definition) is 4. The van der Waals surface area contributed by atoms with E-state index >= 15 is 0 Å². The van der Waals surface area contributed by atoms with E-state index in [0.29, 0.717) is 30.3 Å². The zero-order valence-corrected chi connectivity index (χ0v) is 14.3. The van der Waals surface area contributed by atoms with Crippen molar-refractivity contribution >= 4 is 12.0 Å². The first kappa shape index (κ1) is 16.4. The summed E-state index contributed by atoms with van der Waals surface area (Å²) in [5, 5.41) is 9.53. The second-order valence-electron chi connectivity index (χ2n) is 7.39. The first-order valence-electron chi connectivity index (χ1n) is 8.16. The van der Waals surface area contributed by atoms with E-state index in [0.717, 1.165) is 18.5 Å². The van der Waals surface area contributed by atoms with Crippen LogP contribution in [0.15, 0.2) is 0 Å². The monoisotopic (exact) mass is 330 g/mol. The fourth-order valence-corrected chi connectivity index (χ4v) is 3.23. The summed E-state index contributed by atoms with van der Waals surface area (Å²) in [6, 6.07) is 2.15. The molecule has 3 rings (SSSR count). The summed E-state index contributed by atoms with van der Waals surface area (Å²) >= 11 is 0. The Labute approximate surface area is 141 Å². The van der Waals surface area contributed by atoms with Crippen LogP contribution in [0.1, 0.15) is 66.8 Å². The van der Waals surface area contributed by atoms with Crippen LogP contribution in [-0.2, 0) is 17.8 Å². The lowest BCUT2D eigenvalue weighted by atomic mass is 10.1. The third-order valence-electron chi connectivity index (χ3n) is 4.32. The highest BCUT2D eigenvalue weighted by Crippen LogP contribution is 2.44. The van der Waals surface area contributed by atoms with Crippen molar-refractivity contribution in [3.63, 3.8) is 0 Å². The van der Waals surface area contributed by atoms with Crippen molar-refractivity contribution in [2.75, 3.05) is 6.54 Å². The van der Waals surface area contributed by atoms with Gasteiger partial charge in [0.05, 0.1) is 23.4 Å². The number of hydrogen-bond donors (Lipinski definition) is 1. The van der Waals surface area contributed by atoms with Gasteiger partial charge in [0.25, 0.3) is 5.91 Å². The number of aromatic nitrogens is 1. The topological polar surface area (TPSA) is 101 Å². The van der Waals surface area contributed by atoms with Gasteiger partial charge in [-0.2, -0.15) is 5.26 Å². The second kappa shape index (κ2) is 5.55. The molecule has 1 fully saturated rings. The third-order valence-corrected chi connectivity index (χ3v) is 4.32. The van der Waals surface area contributed by atoms with Gasteiger partial charge < -0.3 is 19.9 Å². The maximum absolute atomic E-state index is 12.3. The highest BCUT2D eigenvalue weighted by Gasteiger charge is 2.38. The zero-order chi connectivity index (χ0) is 17.6. The van der Waals surface area contributed by atoms with Gasteiger partial charge in [-0.15, -0.1) is 0 Å². The van der Waals surface area contributed by atoms with Crippen molar-refractivity contribution in [1.82, 2.24) is 9.47 Å². The van der Waals surface area contributed by atoms with Crippen LogP contribution in [0.2, 0.25) is 0 Å². The van der Waals surface area contributed by atoms with Crippen LogP contribution in [0.3, 0.4) is 0 Å². The number of amides is 2. The Bertz CT molecular complexity index is 747. The van der Waals surface area contributed by atoms with E-state index in [1.54, 1.807) is 4.90 Å². The Morgan fingerprint density at radius 2 is 1.96 bits per heavy atom. The van der Waals surface area contributed by atoms with Gasteiger partial charge in [0.1, 0.15) is 11.7 Å². The molecule has 1 saturated carbocycles. The lowest BCUT2D eigenvalue weighted by Gasteiger charge is -2.32. The normalized spacial score (nSPS) is 17.2. The molecule has 2 heterocycles. The molecule has 0 saturated heterocycles. The summed E-state index contributed by atoms with van der Waals surface area (Å²) in [5.41, 5.74) is 7.15. The van der Waals surface area contributed by atoms with Gasteiger partial charge in [0.2, 0.25) is 0 Å². The van der Waals surface area contributed by atoms with Gasteiger partial charge in [0.15, 0.2) is 0 Å². The number of carbonyl (C=O) groups excluding carboxylic acids is 2. The largest absolute Gasteiger partial charge is 0.444 e. The lowest BCUT2D eigenvalue weighted by Crippen LogP contribution is -2.42. The molecule has 7 heteroatoms. The maximum Gasteiger partial charge on any atom is 0.410 e. The summed E-state index contributed by atoms with van der Waals surface area (Å²) in [6.45, 7) is 6.69. The molecule has 7 nitrogen and oxygen atoms in total. The molecule has 0 unspecified atom stereocenters. The molecule has 2 amide bonds. The maximum atomic E-state index is 12.3. The van der Waals surface area contributed by atoms with Crippen molar-refractivity contribution < 1.29 is 14.3 Å². The van der Waals surface area contributed by atoms with E-state index in [4.69, 9.17) is 10.5 Å². The molecule has 0 aromatic carbocycles. The van der Waals surface area contributed by atoms with Gasteiger partial charge in [-0.05, 0) is 33.6 Å². The fourth-order valence-electron chi connectivity index (χ4n) is 3.23. The van der Waals surface area contributed by atoms with E-state index in [2.05, 4.69) is 6.07 Å². The van der Waals surface area contributed by atoms with Crippen molar-refractivity contribution in [3.05, 3.63) is 22.5 Å². The summed E-state index contributed by atoms with van der Waals surface area (Å²) in [5.74, 6) is -0.298. The SMILES string of the molecule is CC(C)(C)OC(=O)N1CCn2c(c(C(N)=O)c(C#N)c2C2CC2)C1. The molecule has 24 heavy (non-hydrogen) atoms. The molecule has 1 aromatic rings. The molecule has 0 atom stereocenters. The van der Waals surface area contributed by atoms with E-state index in [1.807, 2.05) is 25.3 Å². The van der Waals surface area contributed by atoms with Gasteiger partial charge in [-0.3, -0.25) is 4.79 Å². The summed E-state index contributed by atoms with van der Waals surface area (Å²) in [6.07, 6.45) is 1.62. The van der Waals surface area contributed by atoms with Crippen molar-refractivity contribution in [3.8, 4) is 6.07 Å². The molecule has 0 radical (unpaired) electrons. The standard InChI is InChI=1S/C17H22N4O3/c1-17(2,3)24-16(23)20-6-7-21-12(9-20)13(15(19)22)11(8-18)14(21)10-4-5-10/h10H,4-7,9H2,1-3H3,(H2,19,22). The highest BCUT2D eigenvalue weighted by atomic mass is 16.6. The molecule has 1 aromatic heterocycles. The minimum absolute atomic E-state index is 0.231. The minimum atomic E-state index is -0.617. The Kier molecular flexibility index (Phi) is 3.78. The highest BCUT2D eigenvalue weighted by molar-refractivity contribution is 5.97. The molecule has 2 N–H and O–H groups in total. The number of rotatable bonds is 2. The first-order valence-corrected chi connectivity index (χ1v) is 8.16. The van der Waals surface area contributed by atoms with Crippen LogP contribution >= 0.6 is 0 Å². The summed E-state index contributed by atoms with van der Waals surface area (Å²) < 4.78 is 7.42. The number of primary amides is 1. The van der Waals surface area contributed by atoms with Crippen LogP contribution in [0.4, 0.5) is 4.79 Å². The molecular formula is C17H22N4O3. The second-order valence-corrected chi connectivity index (χ2v) is 7.39. The molecule has 0 bridgehead atoms. The van der Waals surface area contributed by atoms with Gasteiger partial charge >= 0.3 is 6.09 Å². The Hall–Kier alpha value is -2.49. The average Bonchev–Trinajstić information content (AvgIpc) is 3.25. The molecular weight excluding hydrogens is 308 g/mol. The number of nitrogens with zero attached hydrogens (tertiary/aromatic N) is 3. The van der Waals surface area contributed by atoms with Gasteiger partial charge in [-0.25, -0.2) is 4.79 Å². The van der Waals surface area contributed by atoms with Crippen LogP contribution in [-0.4, -0.2) is 33.6 Å². The van der Waals surface area contributed by atoms with Crippen LogP contribution in [0, 0.1) is 11.3 Å². The number of carbonyl (C=O) groups is 2. The molecule has 128 valence electrons. The average molecular weight is 330 g/mol. The van der Waals surface area contributed by atoms with Gasteiger partial charge in [-0.1, -0.05) is 0 Å². The molecule has 2 aliphatic rings. The quantitative estimate of drug-likeness (QED) is 0.897. The number of nitrogens with two attached hydrogens (primary N) is 1. The number of nitriles is 1. The molecule has 1 aliphatic carbocycles. The van der Waals surface area contributed by atoms with Crippen molar-refractivity contribution in [2.45, 2.75) is 58.2 Å². The lowest BCUT2D eigenvalue weighted by molar-refractivity contribution is 0.0197. The Balaban J connectivity index is 1.98. The predicted octanol–water partition coefficient (Wildman–Crippen LogP) is 2.09. The van der Waals surface area contributed by atoms with Crippen molar-refractivity contribution in [1.29, 1.82) is 5.26 Å². The Morgan fingerprint density at radius 3 is 2.46 bits per heavy atom. The zero-order valence-electron chi connectivity index (χ0n) is 14.3. The van der Waals surface area contributed by atoms with Crippen LogP contribution < -0.4 is 5.73 Å². The van der Waals surface area contributed by atoms with E-state index in [9.17, 15) is 14.9 Å². The van der Waals surface area contributed by atoms with E-state index in [1.165, 1.54) is 0 Å². The smallest absolute Gasteiger partial charge is 0.410 e. The molecule has 0 spiro atoms. The fraction of sp³-hybridized carbons (Fsp3) is 0.588. The summed E-state index contributed by atoms with van der Waals surface area (Å²) in [7, 11) is 0. The number of fused-ring (bicyclic) bond motifs is 1. The van der Waals surface area contributed by atoms with Crippen molar-refractivity contribution in [2.24, 2.45) is 5.73 Å². The van der Waals surface area contributed by atoms with Crippen LogP contribution in [0.5, 0.6) is 0 Å².